The van der Waals surface area contributed by atoms with Gasteiger partial charge in [-0.1, -0.05) is 13.3 Å². The summed E-state index contributed by atoms with van der Waals surface area (Å²) in [5.41, 5.74) is 0.575. The Balaban J connectivity index is 1.67. The molecule has 0 spiro atoms. The standard InChI is InChI=1S/C16H30N2/c1-3-10-17-13-11-14-6-4-7-15(12-13)18(14)16(2)8-5-9-16/h13-15,17H,3-12H2,1-2H3. The van der Waals surface area contributed by atoms with E-state index in [0.29, 0.717) is 5.54 Å². The summed E-state index contributed by atoms with van der Waals surface area (Å²) in [4.78, 5) is 2.96. The van der Waals surface area contributed by atoms with Crippen LogP contribution in [0.1, 0.15) is 71.6 Å². The van der Waals surface area contributed by atoms with Crippen LogP contribution >= 0.6 is 0 Å². The highest BCUT2D eigenvalue weighted by Crippen LogP contribution is 2.46. The van der Waals surface area contributed by atoms with Crippen LogP contribution < -0.4 is 5.32 Å². The Morgan fingerprint density at radius 2 is 1.78 bits per heavy atom. The Morgan fingerprint density at radius 1 is 1.11 bits per heavy atom. The van der Waals surface area contributed by atoms with Gasteiger partial charge in [-0.2, -0.15) is 0 Å². The van der Waals surface area contributed by atoms with Crippen molar-refractivity contribution in [3.8, 4) is 0 Å². The molecule has 2 heterocycles. The summed E-state index contributed by atoms with van der Waals surface area (Å²) in [5.74, 6) is 0. The third kappa shape index (κ3) is 2.22. The normalized spacial score (nSPS) is 39.3. The molecule has 1 saturated carbocycles. The van der Waals surface area contributed by atoms with Crippen molar-refractivity contribution < 1.29 is 0 Å². The lowest BCUT2D eigenvalue weighted by Crippen LogP contribution is -2.65. The van der Waals surface area contributed by atoms with E-state index in [1.807, 2.05) is 0 Å². The molecule has 2 saturated heterocycles. The average Bonchev–Trinajstić information content (AvgIpc) is 2.32. The van der Waals surface area contributed by atoms with Gasteiger partial charge < -0.3 is 5.32 Å². The number of rotatable bonds is 4. The zero-order chi connectivity index (χ0) is 12.6. The molecule has 3 rings (SSSR count). The summed E-state index contributed by atoms with van der Waals surface area (Å²) in [6, 6.07) is 2.58. The predicted octanol–water partition coefficient (Wildman–Crippen LogP) is 3.31. The van der Waals surface area contributed by atoms with Crippen molar-refractivity contribution in [2.45, 2.75) is 95.3 Å². The first kappa shape index (κ1) is 12.9. The first-order valence-corrected chi connectivity index (χ1v) is 8.25. The van der Waals surface area contributed by atoms with E-state index in [1.54, 1.807) is 0 Å². The highest BCUT2D eigenvalue weighted by molar-refractivity contribution is 5.05. The molecule has 1 aliphatic carbocycles. The largest absolute Gasteiger partial charge is 0.314 e. The fourth-order valence-corrected chi connectivity index (χ4v) is 4.72. The smallest absolute Gasteiger partial charge is 0.0187 e. The summed E-state index contributed by atoms with van der Waals surface area (Å²) < 4.78 is 0. The van der Waals surface area contributed by atoms with Crippen LogP contribution in [0.15, 0.2) is 0 Å². The van der Waals surface area contributed by atoms with Gasteiger partial charge in [-0.05, 0) is 64.8 Å². The second-order valence-electron chi connectivity index (χ2n) is 7.12. The van der Waals surface area contributed by atoms with Crippen LogP contribution in [-0.4, -0.2) is 35.1 Å². The number of hydrogen-bond acceptors (Lipinski definition) is 2. The number of nitrogens with zero attached hydrogens (tertiary/aromatic N) is 1. The molecule has 0 radical (unpaired) electrons. The lowest BCUT2D eigenvalue weighted by Gasteiger charge is -2.60. The number of fused-ring (bicyclic) bond motifs is 2. The molecule has 0 amide bonds. The van der Waals surface area contributed by atoms with Gasteiger partial charge >= 0.3 is 0 Å². The van der Waals surface area contributed by atoms with E-state index in [9.17, 15) is 0 Å². The van der Waals surface area contributed by atoms with E-state index < -0.39 is 0 Å². The van der Waals surface area contributed by atoms with Gasteiger partial charge in [-0.25, -0.2) is 0 Å². The van der Waals surface area contributed by atoms with E-state index in [2.05, 4.69) is 24.1 Å². The molecular formula is C16H30N2. The van der Waals surface area contributed by atoms with Crippen molar-refractivity contribution >= 4 is 0 Å². The first-order chi connectivity index (χ1) is 8.73. The van der Waals surface area contributed by atoms with Crippen LogP contribution in [0.4, 0.5) is 0 Å². The van der Waals surface area contributed by atoms with Gasteiger partial charge in [0.05, 0.1) is 0 Å². The monoisotopic (exact) mass is 250 g/mol. The first-order valence-electron chi connectivity index (χ1n) is 8.25. The minimum absolute atomic E-state index is 0.575. The molecule has 18 heavy (non-hydrogen) atoms. The highest BCUT2D eigenvalue weighted by atomic mass is 15.3. The molecular weight excluding hydrogens is 220 g/mol. The Labute approximate surface area is 113 Å². The molecule has 2 atom stereocenters. The molecule has 0 aromatic carbocycles. The molecule has 0 aromatic rings. The van der Waals surface area contributed by atoms with Gasteiger partial charge in [0.25, 0.3) is 0 Å². The molecule has 1 N–H and O–H groups in total. The van der Waals surface area contributed by atoms with Gasteiger partial charge in [0.1, 0.15) is 0 Å². The summed E-state index contributed by atoms with van der Waals surface area (Å²) in [7, 11) is 0. The van der Waals surface area contributed by atoms with E-state index in [1.165, 1.54) is 64.3 Å². The molecule has 2 aliphatic heterocycles. The fourth-order valence-electron chi connectivity index (χ4n) is 4.72. The Hall–Kier alpha value is -0.0800. The zero-order valence-electron chi connectivity index (χ0n) is 12.3. The van der Waals surface area contributed by atoms with Crippen LogP contribution in [0.5, 0.6) is 0 Å². The van der Waals surface area contributed by atoms with Crippen molar-refractivity contribution in [3.05, 3.63) is 0 Å². The number of piperidine rings is 2. The predicted molar refractivity (Wildman–Crippen MR) is 76.8 cm³/mol. The van der Waals surface area contributed by atoms with Gasteiger partial charge in [-0.15, -0.1) is 0 Å². The minimum Gasteiger partial charge on any atom is -0.314 e. The Bertz CT molecular complexity index is 271. The summed E-state index contributed by atoms with van der Waals surface area (Å²) in [6.45, 7) is 6.02. The van der Waals surface area contributed by atoms with Crippen molar-refractivity contribution in [1.29, 1.82) is 0 Å². The highest BCUT2D eigenvalue weighted by Gasteiger charge is 2.48. The molecule has 3 aliphatic rings. The maximum Gasteiger partial charge on any atom is 0.0187 e. The van der Waals surface area contributed by atoms with Crippen LogP contribution in [-0.2, 0) is 0 Å². The lowest BCUT2D eigenvalue weighted by atomic mass is 9.70. The Kier molecular flexibility index (Phi) is 3.68. The number of hydrogen-bond donors (Lipinski definition) is 1. The Morgan fingerprint density at radius 3 is 2.28 bits per heavy atom. The molecule has 0 aromatic heterocycles. The SMILES string of the molecule is CCCNC1CC2CCCC(C1)N2C1(C)CCC1. The quantitative estimate of drug-likeness (QED) is 0.823. The maximum absolute atomic E-state index is 3.78. The second-order valence-corrected chi connectivity index (χ2v) is 7.12. The topological polar surface area (TPSA) is 15.3 Å². The average molecular weight is 250 g/mol. The van der Waals surface area contributed by atoms with Crippen molar-refractivity contribution in [3.63, 3.8) is 0 Å². The zero-order valence-corrected chi connectivity index (χ0v) is 12.3. The van der Waals surface area contributed by atoms with Crippen molar-refractivity contribution in [1.82, 2.24) is 10.2 Å². The van der Waals surface area contributed by atoms with Crippen LogP contribution in [0.2, 0.25) is 0 Å². The minimum atomic E-state index is 0.575. The molecule has 2 nitrogen and oxygen atoms in total. The van der Waals surface area contributed by atoms with Gasteiger partial charge in [0, 0.05) is 23.7 Å². The third-order valence-electron chi connectivity index (χ3n) is 5.71. The van der Waals surface area contributed by atoms with Gasteiger partial charge in [-0.3, -0.25) is 4.90 Å². The maximum atomic E-state index is 3.78. The van der Waals surface area contributed by atoms with E-state index in [4.69, 9.17) is 0 Å². The fraction of sp³-hybridized carbons (Fsp3) is 1.00. The molecule has 2 unspecified atom stereocenters. The summed E-state index contributed by atoms with van der Waals surface area (Å²) in [5, 5.41) is 3.78. The summed E-state index contributed by atoms with van der Waals surface area (Å²) in [6.07, 6.45) is 12.8. The molecule has 104 valence electrons. The van der Waals surface area contributed by atoms with E-state index in [0.717, 1.165) is 18.1 Å². The summed E-state index contributed by atoms with van der Waals surface area (Å²) >= 11 is 0. The van der Waals surface area contributed by atoms with Crippen LogP contribution in [0.25, 0.3) is 0 Å². The number of nitrogens with one attached hydrogen (secondary N) is 1. The lowest BCUT2D eigenvalue weighted by molar-refractivity contribution is -0.0891. The third-order valence-corrected chi connectivity index (χ3v) is 5.71. The van der Waals surface area contributed by atoms with E-state index >= 15 is 0 Å². The molecule has 3 fully saturated rings. The van der Waals surface area contributed by atoms with E-state index in [-0.39, 0.29) is 0 Å². The van der Waals surface area contributed by atoms with Crippen molar-refractivity contribution in [2.24, 2.45) is 0 Å². The van der Waals surface area contributed by atoms with Gasteiger partial charge in [0.2, 0.25) is 0 Å². The molecule has 2 bridgehead atoms. The van der Waals surface area contributed by atoms with Crippen molar-refractivity contribution in [2.75, 3.05) is 6.54 Å². The molecule has 2 heteroatoms. The second kappa shape index (κ2) is 5.13. The van der Waals surface area contributed by atoms with Gasteiger partial charge in [0.15, 0.2) is 0 Å². The van der Waals surface area contributed by atoms with Crippen LogP contribution in [0.3, 0.4) is 0 Å². The van der Waals surface area contributed by atoms with Crippen LogP contribution in [0, 0.1) is 0 Å².